The Hall–Kier alpha value is -1.80. The molecule has 20 heavy (non-hydrogen) atoms. The third kappa shape index (κ3) is 1.92. The standard InChI is InChI=1S/C17H17ClN2/c1-11-8-12(2)16(13(3)9-11)17(18)15-7-5-4-6-14(15)10-19-20-17/h4-10,20H,1-3H3. The maximum Gasteiger partial charge on any atom is 0.179 e. The van der Waals surface area contributed by atoms with E-state index in [2.05, 4.69) is 49.5 Å². The van der Waals surface area contributed by atoms with E-state index in [1.165, 1.54) is 16.7 Å². The van der Waals surface area contributed by atoms with Gasteiger partial charge in [-0.3, -0.25) is 5.43 Å². The molecular weight excluding hydrogens is 268 g/mol. The van der Waals surface area contributed by atoms with Crippen LogP contribution in [0.4, 0.5) is 0 Å². The van der Waals surface area contributed by atoms with Crippen molar-refractivity contribution in [2.75, 3.05) is 0 Å². The largest absolute Gasteiger partial charge is 0.281 e. The Balaban J connectivity index is 2.27. The summed E-state index contributed by atoms with van der Waals surface area (Å²) >= 11 is 6.97. The Bertz CT molecular complexity index is 683. The lowest BCUT2D eigenvalue weighted by molar-refractivity contribution is 0.559. The van der Waals surface area contributed by atoms with Crippen LogP contribution in [0.2, 0.25) is 0 Å². The van der Waals surface area contributed by atoms with Crippen molar-refractivity contribution >= 4 is 17.8 Å². The zero-order valence-corrected chi connectivity index (χ0v) is 12.6. The molecule has 1 heterocycles. The van der Waals surface area contributed by atoms with Crippen LogP contribution in [-0.4, -0.2) is 6.21 Å². The van der Waals surface area contributed by atoms with Crippen molar-refractivity contribution in [3.8, 4) is 0 Å². The Morgan fingerprint density at radius 2 is 1.70 bits per heavy atom. The molecule has 0 saturated carbocycles. The number of rotatable bonds is 1. The summed E-state index contributed by atoms with van der Waals surface area (Å²) in [5.74, 6) is 0. The van der Waals surface area contributed by atoms with Gasteiger partial charge in [-0.1, -0.05) is 53.6 Å². The summed E-state index contributed by atoms with van der Waals surface area (Å²) in [7, 11) is 0. The molecule has 0 spiro atoms. The van der Waals surface area contributed by atoms with Crippen LogP contribution in [0, 0.1) is 20.8 Å². The number of hydrogen-bond acceptors (Lipinski definition) is 2. The normalized spacial score (nSPS) is 20.4. The van der Waals surface area contributed by atoms with E-state index in [-0.39, 0.29) is 0 Å². The second-order valence-corrected chi connectivity index (χ2v) is 5.96. The van der Waals surface area contributed by atoms with E-state index < -0.39 is 5.00 Å². The average molecular weight is 285 g/mol. The SMILES string of the molecule is Cc1cc(C)c(C2(Cl)NN=Cc3ccccc32)c(C)c1. The van der Waals surface area contributed by atoms with Gasteiger partial charge in [-0.15, -0.1) is 0 Å². The van der Waals surface area contributed by atoms with Gasteiger partial charge in [0.1, 0.15) is 0 Å². The monoisotopic (exact) mass is 284 g/mol. The predicted octanol–water partition coefficient (Wildman–Crippen LogP) is 3.99. The summed E-state index contributed by atoms with van der Waals surface area (Å²) in [5, 5.41) is 4.25. The first kappa shape index (κ1) is 13.2. The van der Waals surface area contributed by atoms with E-state index in [0.717, 1.165) is 16.7 Å². The zero-order chi connectivity index (χ0) is 14.3. The van der Waals surface area contributed by atoms with Crippen molar-refractivity contribution in [2.24, 2.45) is 5.10 Å². The summed E-state index contributed by atoms with van der Waals surface area (Å²) in [6.07, 6.45) is 1.81. The number of hydrazone groups is 1. The van der Waals surface area contributed by atoms with Crippen LogP contribution in [0.1, 0.15) is 33.4 Å². The maximum absolute atomic E-state index is 6.97. The highest BCUT2D eigenvalue weighted by molar-refractivity contribution is 6.26. The van der Waals surface area contributed by atoms with Crippen LogP contribution in [0.5, 0.6) is 0 Å². The lowest BCUT2D eigenvalue weighted by Crippen LogP contribution is -2.39. The maximum atomic E-state index is 6.97. The quantitative estimate of drug-likeness (QED) is 0.621. The van der Waals surface area contributed by atoms with Gasteiger partial charge in [-0.25, -0.2) is 0 Å². The molecule has 1 N–H and O–H groups in total. The molecule has 1 atom stereocenters. The topological polar surface area (TPSA) is 24.4 Å². The molecule has 3 heteroatoms. The van der Waals surface area contributed by atoms with E-state index in [1.54, 1.807) is 0 Å². The van der Waals surface area contributed by atoms with Gasteiger partial charge in [0.05, 0.1) is 6.21 Å². The number of benzene rings is 2. The molecule has 0 saturated heterocycles. The van der Waals surface area contributed by atoms with E-state index in [9.17, 15) is 0 Å². The van der Waals surface area contributed by atoms with Crippen LogP contribution in [0.25, 0.3) is 0 Å². The van der Waals surface area contributed by atoms with Crippen LogP contribution in [0.3, 0.4) is 0 Å². The molecule has 1 unspecified atom stereocenters. The molecule has 2 aromatic rings. The molecule has 102 valence electrons. The molecule has 2 nitrogen and oxygen atoms in total. The smallest absolute Gasteiger partial charge is 0.179 e. The van der Waals surface area contributed by atoms with Gasteiger partial charge in [-0.2, -0.15) is 5.10 Å². The fourth-order valence-electron chi connectivity index (χ4n) is 3.09. The first-order chi connectivity index (χ1) is 9.52. The van der Waals surface area contributed by atoms with Gasteiger partial charge < -0.3 is 0 Å². The van der Waals surface area contributed by atoms with Crippen LogP contribution < -0.4 is 5.43 Å². The van der Waals surface area contributed by atoms with Gasteiger partial charge in [0.25, 0.3) is 0 Å². The van der Waals surface area contributed by atoms with Gasteiger partial charge >= 0.3 is 0 Å². The van der Waals surface area contributed by atoms with Crippen molar-refractivity contribution in [3.63, 3.8) is 0 Å². The van der Waals surface area contributed by atoms with Gasteiger partial charge in [0.15, 0.2) is 5.00 Å². The van der Waals surface area contributed by atoms with Gasteiger partial charge in [-0.05, 0) is 31.9 Å². The highest BCUT2D eigenvalue weighted by Crippen LogP contribution is 2.40. The second kappa shape index (κ2) is 4.64. The van der Waals surface area contributed by atoms with E-state index in [4.69, 9.17) is 11.6 Å². The highest BCUT2D eigenvalue weighted by atomic mass is 35.5. The van der Waals surface area contributed by atoms with Crippen molar-refractivity contribution in [1.29, 1.82) is 0 Å². The van der Waals surface area contributed by atoms with Crippen molar-refractivity contribution in [2.45, 2.75) is 25.8 Å². The van der Waals surface area contributed by atoms with E-state index in [1.807, 2.05) is 24.4 Å². The summed E-state index contributed by atoms with van der Waals surface area (Å²) in [4.78, 5) is -0.798. The Kier molecular flexibility index (Phi) is 3.06. The minimum absolute atomic E-state index is 0.798. The van der Waals surface area contributed by atoms with Gasteiger partial charge in [0, 0.05) is 16.7 Å². The summed E-state index contributed by atoms with van der Waals surface area (Å²) in [6, 6.07) is 12.4. The molecule has 0 aliphatic carbocycles. The third-order valence-electron chi connectivity index (χ3n) is 3.78. The lowest BCUT2D eigenvalue weighted by atomic mass is 9.87. The number of halogens is 1. The Morgan fingerprint density at radius 1 is 1.05 bits per heavy atom. The van der Waals surface area contributed by atoms with Crippen LogP contribution >= 0.6 is 11.6 Å². The fourth-order valence-corrected chi connectivity index (χ4v) is 3.61. The molecule has 0 bridgehead atoms. The first-order valence-corrected chi connectivity index (χ1v) is 7.07. The van der Waals surface area contributed by atoms with E-state index >= 15 is 0 Å². The minimum atomic E-state index is -0.798. The highest BCUT2D eigenvalue weighted by Gasteiger charge is 2.37. The molecule has 1 aliphatic heterocycles. The number of aryl methyl sites for hydroxylation is 3. The lowest BCUT2D eigenvalue weighted by Gasteiger charge is -2.34. The summed E-state index contributed by atoms with van der Waals surface area (Å²) in [6.45, 7) is 6.30. The summed E-state index contributed by atoms with van der Waals surface area (Å²) in [5.41, 5.74) is 9.90. The van der Waals surface area contributed by atoms with Crippen molar-refractivity contribution in [3.05, 3.63) is 69.8 Å². The molecular formula is C17H17ClN2. The van der Waals surface area contributed by atoms with Gasteiger partial charge in [0.2, 0.25) is 0 Å². The molecule has 0 amide bonds. The van der Waals surface area contributed by atoms with Crippen LogP contribution in [-0.2, 0) is 5.00 Å². The number of alkyl halides is 1. The number of hydrogen-bond donors (Lipinski definition) is 1. The van der Waals surface area contributed by atoms with Crippen molar-refractivity contribution in [1.82, 2.24) is 5.43 Å². The Morgan fingerprint density at radius 3 is 2.40 bits per heavy atom. The minimum Gasteiger partial charge on any atom is -0.281 e. The number of nitrogens with zero attached hydrogens (tertiary/aromatic N) is 1. The molecule has 3 rings (SSSR count). The number of fused-ring (bicyclic) bond motifs is 1. The predicted molar refractivity (Wildman–Crippen MR) is 84.5 cm³/mol. The third-order valence-corrected chi connectivity index (χ3v) is 4.25. The fraction of sp³-hybridized carbons (Fsp3) is 0.235. The summed E-state index contributed by atoms with van der Waals surface area (Å²) < 4.78 is 0. The van der Waals surface area contributed by atoms with Crippen molar-refractivity contribution < 1.29 is 0 Å². The molecule has 0 fully saturated rings. The number of nitrogens with one attached hydrogen (secondary N) is 1. The average Bonchev–Trinajstić information content (AvgIpc) is 2.38. The molecule has 1 aliphatic rings. The van der Waals surface area contributed by atoms with E-state index in [0.29, 0.717) is 0 Å². The Labute approximate surface area is 124 Å². The molecule has 2 aromatic carbocycles. The molecule has 0 aromatic heterocycles. The van der Waals surface area contributed by atoms with Crippen LogP contribution in [0.15, 0.2) is 41.5 Å². The second-order valence-electron chi connectivity index (χ2n) is 5.39. The first-order valence-electron chi connectivity index (χ1n) is 6.69. The zero-order valence-electron chi connectivity index (χ0n) is 11.9. The molecule has 0 radical (unpaired) electrons.